The summed E-state index contributed by atoms with van der Waals surface area (Å²) in [7, 11) is 0. The molecule has 4 nitrogen and oxygen atoms in total. The van der Waals surface area contributed by atoms with Crippen LogP contribution < -0.4 is 11.1 Å². The molecular weight excluding hydrogens is 176 g/mol. The topological polar surface area (TPSA) is 63.8 Å². The number of nitrogens with zero attached hydrogens (tertiary/aromatic N) is 2. The molecule has 0 bridgehead atoms. The minimum Gasteiger partial charge on any atom is -0.364 e. The number of hydrogen-bond acceptors (Lipinski definition) is 4. The van der Waals surface area contributed by atoms with Gasteiger partial charge in [-0.25, -0.2) is 0 Å². The number of rotatable bonds is 4. The number of anilines is 1. The molecule has 0 aliphatic carbocycles. The first-order chi connectivity index (χ1) is 6.53. The van der Waals surface area contributed by atoms with Crippen LogP contribution in [0.1, 0.15) is 25.8 Å². The molecule has 0 unspecified atom stereocenters. The predicted molar refractivity (Wildman–Crippen MR) is 58.1 cm³/mol. The summed E-state index contributed by atoms with van der Waals surface area (Å²) in [6.07, 6.45) is 2.64. The van der Waals surface area contributed by atoms with Gasteiger partial charge in [-0.2, -0.15) is 5.10 Å². The average Bonchev–Trinajstić information content (AvgIpc) is 2.02. The van der Waals surface area contributed by atoms with Crippen molar-refractivity contribution >= 4 is 5.82 Å². The molecule has 0 amide bonds. The Morgan fingerprint density at radius 1 is 1.50 bits per heavy atom. The lowest BCUT2D eigenvalue weighted by atomic mass is 10.0. The fourth-order valence-electron chi connectivity index (χ4n) is 1.30. The fraction of sp³-hybridized carbons (Fsp3) is 0.600. The Kier molecular flexibility index (Phi) is 3.41. The summed E-state index contributed by atoms with van der Waals surface area (Å²) in [4.78, 5) is 0. The first-order valence-corrected chi connectivity index (χ1v) is 4.81. The summed E-state index contributed by atoms with van der Waals surface area (Å²) in [5.74, 6) is 0.809. The van der Waals surface area contributed by atoms with Gasteiger partial charge in [0.1, 0.15) is 5.82 Å². The molecule has 0 radical (unpaired) electrons. The molecule has 14 heavy (non-hydrogen) atoms. The van der Waals surface area contributed by atoms with Gasteiger partial charge < -0.3 is 11.1 Å². The van der Waals surface area contributed by atoms with Gasteiger partial charge in [-0.3, -0.25) is 0 Å². The van der Waals surface area contributed by atoms with Crippen molar-refractivity contribution in [1.29, 1.82) is 0 Å². The molecule has 0 aliphatic rings. The van der Waals surface area contributed by atoms with Gasteiger partial charge in [0.05, 0.1) is 6.20 Å². The van der Waals surface area contributed by atoms with E-state index in [9.17, 15) is 0 Å². The molecule has 1 aromatic rings. The first kappa shape index (κ1) is 10.9. The molecule has 0 fully saturated rings. The highest BCUT2D eigenvalue weighted by Crippen LogP contribution is 2.15. The Morgan fingerprint density at radius 2 is 2.21 bits per heavy atom. The highest BCUT2D eigenvalue weighted by Gasteiger charge is 2.16. The second-order valence-electron chi connectivity index (χ2n) is 4.17. The molecule has 0 atom stereocenters. The molecule has 0 spiro atoms. The van der Waals surface area contributed by atoms with Crippen LogP contribution >= 0.6 is 0 Å². The van der Waals surface area contributed by atoms with E-state index in [-0.39, 0.29) is 5.54 Å². The predicted octanol–water partition coefficient (Wildman–Crippen LogP) is 1.32. The quantitative estimate of drug-likeness (QED) is 0.759. The summed E-state index contributed by atoms with van der Waals surface area (Å²) in [6.45, 7) is 6.86. The maximum Gasteiger partial charge on any atom is 0.149 e. The average molecular weight is 194 g/mol. The smallest absolute Gasteiger partial charge is 0.149 e. The van der Waals surface area contributed by atoms with Gasteiger partial charge in [-0.15, -0.1) is 5.10 Å². The van der Waals surface area contributed by atoms with Crippen LogP contribution in [-0.2, 0) is 0 Å². The van der Waals surface area contributed by atoms with Crippen molar-refractivity contribution in [3.05, 3.63) is 17.8 Å². The van der Waals surface area contributed by atoms with Gasteiger partial charge >= 0.3 is 0 Å². The zero-order valence-electron chi connectivity index (χ0n) is 9.04. The third-order valence-corrected chi connectivity index (χ3v) is 2.03. The third kappa shape index (κ3) is 3.30. The van der Waals surface area contributed by atoms with Crippen LogP contribution in [0.25, 0.3) is 0 Å². The van der Waals surface area contributed by atoms with Gasteiger partial charge in [-0.1, -0.05) is 0 Å². The van der Waals surface area contributed by atoms with E-state index in [1.807, 2.05) is 13.0 Å². The van der Waals surface area contributed by atoms with Crippen molar-refractivity contribution in [2.45, 2.75) is 32.7 Å². The van der Waals surface area contributed by atoms with Gasteiger partial charge in [0.15, 0.2) is 0 Å². The van der Waals surface area contributed by atoms with E-state index in [4.69, 9.17) is 5.73 Å². The number of hydrogen-bond donors (Lipinski definition) is 2. The standard InChI is InChI=1S/C10H18N4/c1-8-6-9(14-12-7-8)13-10(2,3)4-5-11/h6-7H,4-5,11H2,1-3H3,(H,13,14). The lowest BCUT2D eigenvalue weighted by Gasteiger charge is -2.25. The molecule has 1 heterocycles. The second-order valence-corrected chi connectivity index (χ2v) is 4.17. The van der Waals surface area contributed by atoms with E-state index >= 15 is 0 Å². The molecule has 4 heteroatoms. The van der Waals surface area contributed by atoms with Crippen molar-refractivity contribution in [3.63, 3.8) is 0 Å². The zero-order chi connectivity index (χ0) is 10.6. The number of aromatic nitrogens is 2. The molecule has 0 aliphatic heterocycles. The Morgan fingerprint density at radius 3 is 2.79 bits per heavy atom. The molecule has 0 aromatic carbocycles. The largest absolute Gasteiger partial charge is 0.364 e. The minimum atomic E-state index is -0.0305. The van der Waals surface area contributed by atoms with Crippen LogP contribution in [0.15, 0.2) is 12.3 Å². The van der Waals surface area contributed by atoms with Crippen molar-refractivity contribution in [2.75, 3.05) is 11.9 Å². The number of nitrogens with two attached hydrogens (primary N) is 1. The molecule has 78 valence electrons. The minimum absolute atomic E-state index is 0.0305. The molecule has 3 N–H and O–H groups in total. The van der Waals surface area contributed by atoms with Crippen LogP contribution in [-0.4, -0.2) is 22.3 Å². The van der Waals surface area contributed by atoms with Gasteiger partial charge in [0, 0.05) is 5.54 Å². The summed E-state index contributed by atoms with van der Waals surface area (Å²) in [5.41, 5.74) is 6.59. The van der Waals surface area contributed by atoms with E-state index < -0.39 is 0 Å². The van der Waals surface area contributed by atoms with Crippen LogP contribution in [0.4, 0.5) is 5.82 Å². The molecule has 0 saturated carbocycles. The van der Waals surface area contributed by atoms with E-state index in [1.54, 1.807) is 6.20 Å². The van der Waals surface area contributed by atoms with Crippen molar-refractivity contribution in [1.82, 2.24) is 10.2 Å². The first-order valence-electron chi connectivity index (χ1n) is 4.81. The Balaban J connectivity index is 2.68. The molecular formula is C10H18N4. The van der Waals surface area contributed by atoms with E-state index in [2.05, 4.69) is 29.4 Å². The molecule has 0 saturated heterocycles. The van der Waals surface area contributed by atoms with Crippen LogP contribution in [0.2, 0.25) is 0 Å². The number of aryl methyl sites for hydroxylation is 1. The molecule has 1 rings (SSSR count). The highest BCUT2D eigenvalue weighted by molar-refractivity contribution is 5.37. The molecule has 1 aromatic heterocycles. The van der Waals surface area contributed by atoms with Crippen molar-refractivity contribution in [2.24, 2.45) is 5.73 Å². The van der Waals surface area contributed by atoms with Crippen molar-refractivity contribution in [3.8, 4) is 0 Å². The van der Waals surface area contributed by atoms with E-state index in [0.717, 1.165) is 17.8 Å². The highest BCUT2D eigenvalue weighted by atomic mass is 15.2. The maximum absolute atomic E-state index is 5.52. The number of nitrogens with one attached hydrogen (secondary N) is 1. The monoisotopic (exact) mass is 194 g/mol. The lowest BCUT2D eigenvalue weighted by Crippen LogP contribution is -2.33. The fourth-order valence-corrected chi connectivity index (χ4v) is 1.30. The normalized spacial score (nSPS) is 11.4. The van der Waals surface area contributed by atoms with Gasteiger partial charge in [0.25, 0.3) is 0 Å². The Bertz CT molecular complexity index is 296. The maximum atomic E-state index is 5.52. The lowest BCUT2D eigenvalue weighted by molar-refractivity contribution is 0.523. The summed E-state index contributed by atoms with van der Waals surface area (Å²) in [5, 5.41) is 11.2. The van der Waals surface area contributed by atoms with Crippen LogP contribution in [0.5, 0.6) is 0 Å². The third-order valence-electron chi connectivity index (χ3n) is 2.03. The van der Waals surface area contributed by atoms with E-state index in [1.165, 1.54) is 0 Å². The van der Waals surface area contributed by atoms with Gasteiger partial charge in [0.2, 0.25) is 0 Å². The second kappa shape index (κ2) is 4.37. The van der Waals surface area contributed by atoms with E-state index in [0.29, 0.717) is 6.54 Å². The SMILES string of the molecule is Cc1cnnc(NC(C)(C)CCN)c1. The Labute approximate surface area is 84.9 Å². The summed E-state index contributed by atoms with van der Waals surface area (Å²) >= 11 is 0. The Hall–Kier alpha value is -1.16. The zero-order valence-corrected chi connectivity index (χ0v) is 9.04. The summed E-state index contributed by atoms with van der Waals surface area (Å²) < 4.78 is 0. The summed E-state index contributed by atoms with van der Waals surface area (Å²) in [6, 6.07) is 1.98. The van der Waals surface area contributed by atoms with Crippen LogP contribution in [0, 0.1) is 6.92 Å². The van der Waals surface area contributed by atoms with Gasteiger partial charge in [-0.05, 0) is 45.4 Å². The van der Waals surface area contributed by atoms with Crippen molar-refractivity contribution < 1.29 is 0 Å². The van der Waals surface area contributed by atoms with Crippen LogP contribution in [0.3, 0.4) is 0 Å².